The molecule has 1 aliphatic carbocycles. The largest absolute Gasteiger partial charge is 0.416 e. The Bertz CT molecular complexity index is 423. The van der Waals surface area contributed by atoms with E-state index in [1.165, 1.54) is 0 Å². The van der Waals surface area contributed by atoms with Crippen LogP contribution in [0.3, 0.4) is 0 Å². The molecule has 1 atom stereocenters. The standard InChI is InChI=1S/C13H15F4N/c1-8(10-2-3-10)18-7-9-4-11(13(15,16)17)6-12(14)5-9/h4-6,8,10,18H,2-3,7H2,1H3. The van der Waals surface area contributed by atoms with Crippen LogP contribution in [0.15, 0.2) is 18.2 Å². The number of rotatable bonds is 4. The molecule has 18 heavy (non-hydrogen) atoms. The second-order valence-electron chi connectivity index (χ2n) is 4.85. The molecule has 1 nitrogen and oxygen atoms in total. The summed E-state index contributed by atoms with van der Waals surface area (Å²) in [6, 6.07) is 2.92. The van der Waals surface area contributed by atoms with E-state index in [1.54, 1.807) is 0 Å². The zero-order chi connectivity index (χ0) is 13.3. The molecule has 1 aromatic rings. The van der Waals surface area contributed by atoms with Gasteiger partial charge < -0.3 is 5.32 Å². The van der Waals surface area contributed by atoms with Gasteiger partial charge in [0.25, 0.3) is 0 Å². The molecule has 5 heteroatoms. The Balaban J connectivity index is 2.05. The number of halogens is 4. The van der Waals surface area contributed by atoms with Gasteiger partial charge in [0.05, 0.1) is 5.56 Å². The fourth-order valence-electron chi connectivity index (χ4n) is 1.96. The Morgan fingerprint density at radius 3 is 2.50 bits per heavy atom. The van der Waals surface area contributed by atoms with Crippen LogP contribution in [0.1, 0.15) is 30.9 Å². The van der Waals surface area contributed by atoms with Crippen molar-refractivity contribution < 1.29 is 17.6 Å². The molecule has 1 aromatic carbocycles. The zero-order valence-corrected chi connectivity index (χ0v) is 10.0. The summed E-state index contributed by atoms with van der Waals surface area (Å²) in [5.41, 5.74) is -0.604. The van der Waals surface area contributed by atoms with Crippen LogP contribution >= 0.6 is 0 Å². The maximum absolute atomic E-state index is 13.1. The minimum atomic E-state index is -4.50. The molecule has 1 N–H and O–H groups in total. The summed E-state index contributed by atoms with van der Waals surface area (Å²) in [6.07, 6.45) is -2.19. The molecule has 1 aliphatic rings. The fourth-order valence-corrected chi connectivity index (χ4v) is 1.96. The van der Waals surface area contributed by atoms with Crippen molar-refractivity contribution in [2.24, 2.45) is 5.92 Å². The van der Waals surface area contributed by atoms with Gasteiger partial charge in [0.2, 0.25) is 0 Å². The van der Waals surface area contributed by atoms with Crippen molar-refractivity contribution in [2.45, 2.75) is 38.5 Å². The molecule has 1 unspecified atom stereocenters. The summed E-state index contributed by atoms with van der Waals surface area (Å²) in [5, 5.41) is 3.13. The van der Waals surface area contributed by atoms with E-state index in [2.05, 4.69) is 5.32 Å². The van der Waals surface area contributed by atoms with Crippen molar-refractivity contribution >= 4 is 0 Å². The number of hydrogen-bond donors (Lipinski definition) is 1. The molecule has 1 saturated carbocycles. The lowest BCUT2D eigenvalue weighted by molar-refractivity contribution is -0.137. The van der Waals surface area contributed by atoms with Gasteiger partial charge in [-0.15, -0.1) is 0 Å². The van der Waals surface area contributed by atoms with Crippen LogP contribution < -0.4 is 5.32 Å². The first-order chi connectivity index (χ1) is 8.36. The van der Waals surface area contributed by atoms with E-state index in [4.69, 9.17) is 0 Å². The minimum absolute atomic E-state index is 0.262. The summed E-state index contributed by atoms with van der Waals surface area (Å²) in [4.78, 5) is 0. The van der Waals surface area contributed by atoms with E-state index in [0.717, 1.165) is 25.0 Å². The summed E-state index contributed by atoms with van der Waals surface area (Å²) in [6.45, 7) is 2.26. The second kappa shape index (κ2) is 4.88. The Morgan fingerprint density at radius 1 is 1.28 bits per heavy atom. The van der Waals surface area contributed by atoms with Crippen molar-refractivity contribution in [1.82, 2.24) is 5.32 Å². The van der Waals surface area contributed by atoms with E-state index >= 15 is 0 Å². The average molecular weight is 261 g/mol. The normalized spacial score (nSPS) is 17.8. The molecule has 0 aliphatic heterocycles. The highest BCUT2D eigenvalue weighted by atomic mass is 19.4. The third kappa shape index (κ3) is 3.45. The van der Waals surface area contributed by atoms with Crippen LogP contribution in [0.2, 0.25) is 0 Å². The van der Waals surface area contributed by atoms with E-state index in [9.17, 15) is 17.6 Å². The van der Waals surface area contributed by atoms with E-state index < -0.39 is 17.6 Å². The van der Waals surface area contributed by atoms with Crippen molar-refractivity contribution in [1.29, 1.82) is 0 Å². The Labute approximate surface area is 103 Å². The molecule has 100 valence electrons. The topological polar surface area (TPSA) is 12.0 Å². The minimum Gasteiger partial charge on any atom is -0.310 e. The van der Waals surface area contributed by atoms with Gasteiger partial charge in [0, 0.05) is 12.6 Å². The zero-order valence-electron chi connectivity index (χ0n) is 10.0. The van der Waals surface area contributed by atoms with E-state index in [0.29, 0.717) is 17.5 Å². The van der Waals surface area contributed by atoms with E-state index in [-0.39, 0.29) is 12.6 Å². The predicted octanol–water partition coefficient (Wildman–Crippen LogP) is 3.73. The number of benzene rings is 1. The number of nitrogens with one attached hydrogen (secondary N) is 1. The van der Waals surface area contributed by atoms with Gasteiger partial charge in [-0.1, -0.05) is 0 Å². The van der Waals surface area contributed by atoms with Crippen molar-refractivity contribution in [3.63, 3.8) is 0 Å². The molecule has 0 radical (unpaired) electrons. The lowest BCUT2D eigenvalue weighted by Gasteiger charge is -2.14. The molecule has 0 saturated heterocycles. The third-order valence-electron chi connectivity index (χ3n) is 3.24. The maximum atomic E-state index is 13.1. The van der Waals surface area contributed by atoms with Crippen molar-refractivity contribution in [3.05, 3.63) is 35.1 Å². The van der Waals surface area contributed by atoms with Gasteiger partial charge in [0.15, 0.2) is 0 Å². The molecule has 0 heterocycles. The van der Waals surface area contributed by atoms with Gasteiger partial charge in [0.1, 0.15) is 5.82 Å². The summed E-state index contributed by atoms with van der Waals surface area (Å²) < 4.78 is 50.6. The maximum Gasteiger partial charge on any atom is 0.416 e. The van der Waals surface area contributed by atoms with E-state index in [1.807, 2.05) is 6.92 Å². The van der Waals surface area contributed by atoms with Gasteiger partial charge in [-0.2, -0.15) is 13.2 Å². The Hall–Kier alpha value is -1.10. The smallest absolute Gasteiger partial charge is 0.310 e. The molecule has 0 spiro atoms. The molecule has 0 amide bonds. The number of alkyl halides is 3. The fraction of sp³-hybridized carbons (Fsp3) is 0.538. The first kappa shape index (κ1) is 13.3. The highest BCUT2D eigenvalue weighted by molar-refractivity contribution is 5.26. The highest BCUT2D eigenvalue weighted by Crippen LogP contribution is 2.33. The predicted molar refractivity (Wildman–Crippen MR) is 60.4 cm³/mol. The van der Waals surface area contributed by atoms with Crippen LogP contribution in [0.25, 0.3) is 0 Å². The molecule has 2 rings (SSSR count). The summed E-state index contributed by atoms with van der Waals surface area (Å²) >= 11 is 0. The van der Waals surface area contributed by atoms with Gasteiger partial charge in [-0.25, -0.2) is 4.39 Å². The molecule has 0 aromatic heterocycles. The first-order valence-electron chi connectivity index (χ1n) is 5.96. The molecule has 0 bridgehead atoms. The van der Waals surface area contributed by atoms with Gasteiger partial charge in [-0.3, -0.25) is 0 Å². The SMILES string of the molecule is CC(NCc1cc(F)cc(C(F)(F)F)c1)C1CC1. The average Bonchev–Trinajstić information content (AvgIpc) is 3.07. The summed E-state index contributed by atoms with van der Waals surface area (Å²) in [5.74, 6) is -0.235. The van der Waals surface area contributed by atoms with Crippen molar-refractivity contribution in [2.75, 3.05) is 0 Å². The van der Waals surface area contributed by atoms with Gasteiger partial charge >= 0.3 is 6.18 Å². The lowest BCUT2D eigenvalue weighted by atomic mass is 10.1. The molecular formula is C13H15F4N. The lowest BCUT2D eigenvalue weighted by Crippen LogP contribution is -2.27. The van der Waals surface area contributed by atoms with Crippen LogP contribution in [0.5, 0.6) is 0 Å². The van der Waals surface area contributed by atoms with Gasteiger partial charge in [-0.05, 0) is 49.4 Å². The Morgan fingerprint density at radius 2 is 1.94 bits per heavy atom. The molecule has 1 fully saturated rings. The highest BCUT2D eigenvalue weighted by Gasteiger charge is 2.31. The first-order valence-corrected chi connectivity index (χ1v) is 5.96. The molecular weight excluding hydrogens is 246 g/mol. The Kier molecular flexibility index (Phi) is 3.61. The third-order valence-corrected chi connectivity index (χ3v) is 3.24. The van der Waals surface area contributed by atoms with Crippen LogP contribution in [-0.2, 0) is 12.7 Å². The van der Waals surface area contributed by atoms with Crippen LogP contribution in [-0.4, -0.2) is 6.04 Å². The second-order valence-corrected chi connectivity index (χ2v) is 4.85. The van der Waals surface area contributed by atoms with Crippen LogP contribution in [0, 0.1) is 11.7 Å². The number of hydrogen-bond acceptors (Lipinski definition) is 1. The summed E-state index contributed by atoms with van der Waals surface area (Å²) in [7, 11) is 0. The van der Waals surface area contributed by atoms with Crippen molar-refractivity contribution in [3.8, 4) is 0 Å². The quantitative estimate of drug-likeness (QED) is 0.814. The van der Waals surface area contributed by atoms with Crippen LogP contribution in [0.4, 0.5) is 17.6 Å². The monoisotopic (exact) mass is 261 g/mol.